The van der Waals surface area contributed by atoms with Crippen molar-refractivity contribution < 1.29 is 4.74 Å². The van der Waals surface area contributed by atoms with Gasteiger partial charge in [0.15, 0.2) is 0 Å². The monoisotopic (exact) mass is 164 g/mol. The Morgan fingerprint density at radius 2 is 2.58 bits per heavy atom. The van der Waals surface area contributed by atoms with Crippen LogP contribution in [-0.2, 0) is 4.74 Å². The van der Waals surface area contributed by atoms with Gasteiger partial charge in [-0.15, -0.1) is 0 Å². The van der Waals surface area contributed by atoms with Crippen LogP contribution < -0.4 is 0 Å². The van der Waals surface area contributed by atoms with Crippen LogP contribution in [0.25, 0.3) is 0 Å². The molecule has 0 aliphatic carbocycles. The smallest absolute Gasteiger partial charge is 0.0658 e. The third-order valence-electron chi connectivity index (χ3n) is 1.35. The molecule has 0 radical (unpaired) electrons. The molecule has 0 amide bonds. The molecule has 0 aliphatic rings. The maximum absolute atomic E-state index is 4.85. The van der Waals surface area contributed by atoms with Gasteiger partial charge in [-0.3, -0.25) is 9.98 Å². The minimum Gasteiger partial charge on any atom is -0.383 e. The van der Waals surface area contributed by atoms with Crippen LogP contribution in [-0.4, -0.2) is 31.5 Å². The van der Waals surface area contributed by atoms with Crippen molar-refractivity contribution in [2.24, 2.45) is 4.99 Å². The molecule has 0 saturated carbocycles. The van der Waals surface area contributed by atoms with E-state index in [9.17, 15) is 0 Å². The van der Waals surface area contributed by atoms with Gasteiger partial charge in [-0.2, -0.15) is 0 Å². The van der Waals surface area contributed by atoms with Crippen LogP contribution in [0.5, 0.6) is 0 Å². The fraction of sp³-hybridized carbons (Fsp3) is 0.333. The molecule has 0 spiro atoms. The maximum Gasteiger partial charge on any atom is 0.0658 e. The standard InChI is InChI=1S/C9H12N2O/c1-12-6-5-11-8-9-3-2-4-10-7-9/h2-4,7-8H,5-6H2,1H3/b11-8+. The largest absolute Gasteiger partial charge is 0.383 e. The van der Waals surface area contributed by atoms with Crippen LogP contribution in [0.15, 0.2) is 29.5 Å². The summed E-state index contributed by atoms with van der Waals surface area (Å²) < 4.78 is 4.85. The third-order valence-corrected chi connectivity index (χ3v) is 1.35. The first kappa shape index (κ1) is 8.87. The number of aliphatic imine (C=N–C) groups is 1. The number of aromatic nitrogens is 1. The number of pyridine rings is 1. The fourth-order valence-corrected chi connectivity index (χ4v) is 0.766. The van der Waals surface area contributed by atoms with E-state index in [0.717, 1.165) is 5.56 Å². The minimum atomic E-state index is 0.663. The molecule has 0 atom stereocenters. The molecule has 0 bridgehead atoms. The molecule has 12 heavy (non-hydrogen) atoms. The average Bonchev–Trinajstić information content (AvgIpc) is 2.14. The Labute approximate surface area is 72.1 Å². The van der Waals surface area contributed by atoms with Gasteiger partial charge in [-0.25, -0.2) is 0 Å². The first-order valence-corrected chi connectivity index (χ1v) is 3.82. The zero-order valence-corrected chi connectivity index (χ0v) is 7.10. The van der Waals surface area contributed by atoms with E-state index in [-0.39, 0.29) is 0 Å². The number of hydrogen-bond acceptors (Lipinski definition) is 3. The van der Waals surface area contributed by atoms with E-state index >= 15 is 0 Å². The Kier molecular flexibility index (Phi) is 4.02. The van der Waals surface area contributed by atoms with Gasteiger partial charge < -0.3 is 4.74 Å². The SMILES string of the molecule is COCC/N=C/c1cccnc1. The second-order valence-electron chi connectivity index (χ2n) is 2.31. The number of hydrogen-bond donors (Lipinski definition) is 0. The molecule has 1 aromatic heterocycles. The van der Waals surface area contributed by atoms with Crippen LogP contribution in [0, 0.1) is 0 Å². The number of methoxy groups -OCH3 is 1. The lowest BCUT2D eigenvalue weighted by Gasteiger charge is -1.92. The van der Waals surface area contributed by atoms with Crippen molar-refractivity contribution in [2.45, 2.75) is 0 Å². The second kappa shape index (κ2) is 5.43. The van der Waals surface area contributed by atoms with Crippen molar-refractivity contribution in [1.82, 2.24) is 4.98 Å². The lowest BCUT2D eigenvalue weighted by Crippen LogP contribution is -1.93. The Hall–Kier alpha value is -1.22. The summed E-state index contributed by atoms with van der Waals surface area (Å²) in [7, 11) is 1.67. The second-order valence-corrected chi connectivity index (χ2v) is 2.31. The number of nitrogens with zero attached hydrogens (tertiary/aromatic N) is 2. The van der Waals surface area contributed by atoms with Gasteiger partial charge >= 0.3 is 0 Å². The highest BCUT2D eigenvalue weighted by molar-refractivity contribution is 5.78. The molecule has 1 aromatic rings. The van der Waals surface area contributed by atoms with E-state index in [4.69, 9.17) is 4.74 Å². The quantitative estimate of drug-likeness (QED) is 0.494. The normalized spacial score (nSPS) is 10.8. The van der Waals surface area contributed by atoms with Gasteiger partial charge in [0.1, 0.15) is 0 Å². The zero-order valence-electron chi connectivity index (χ0n) is 7.10. The molecular weight excluding hydrogens is 152 g/mol. The molecular formula is C9H12N2O. The topological polar surface area (TPSA) is 34.5 Å². The predicted octanol–water partition coefficient (Wildman–Crippen LogP) is 1.15. The van der Waals surface area contributed by atoms with Gasteiger partial charge in [-0.1, -0.05) is 6.07 Å². The lowest BCUT2D eigenvalue weighted by molar-refractivity contribution is 0.208. The Bertz CT molecular complexity index is 234. The lowest BCUT2D eigenvalue weighted by atomic mass is 10.3. The van der Waals surface area contributed by atoms with Gasteiger partial charge in [0, 0.05) is 31.3 Å². The summed E-state index contributed by atoms with van der Waals surface area (Å²) in [5, 5.41) is 0. The molecule has 1 rings (SSSR count). The van der Waals surface area contributed by atoms with E-state index in [1.54, 1.807) is 25.7 Å². The average molecular weight is 164 g/mol. The molecule has 0 saturated heterocycles. The van der Waals surface area contributed by atoms with Crippen LogP contribution in [0.3, 0.4) is 0 Å². The maximum atomic E-state index is 4.85. The molecule has 0 aromatic carbocycles. The Morgan fingerprint density at radius 1 is 1.67 bits per heavy atom. The summed E-state index contributed by atoms with van der Waals surface area (Å²) in [4.78, 5) is 8.10. The summed E-state index contributed by atoms with van der Waals surface area (Å²) in [5.74, 6) is 0. The molecule has 0 fully saturated rings. The van der Waals surface area contributed by atoms with Crippen LogP contribution in [0.4, 0.5) is 0 Å². The highest BCUT2D eigenvalue weighted by Gasteiger charge is 1.83. The van der Waals surface area contributed by atoms with E-state index in [1.807, 2.05) is 12.1 Å². The first-order chi connectivity index (χ1) is 5.93. The van der Waals surface area contributed by atoms with Gasteiger partial charge in [0.05, 0.1) is 13.2 Å². The van der Waals surface area contributed by atoms with Gasteiger partial charge in [0.25, 0.3) is 0 Å². The number of ether oxygens (including phenoxy) is 1. The Balaban J connectivity index is 2.36. The van der Waals surface area contributed by atoms with Crippen LogP contribution >= 0.6 is 0 Å². The van der Waals surface area contributed by atoms with E-state index in [2.05, 4.69) is 9.98 Å². The molecule has 1 heterocycles. The molecule has 0 N–H and O–H groups in total. The van der Waals surface area contributed by atoms with E-state index in [0.29, 0.717) is 13.2 Å². The van der Waals surface area contributed by atoms with Crippen molar-refractivity contribution in [2.75, 3.05) is 20.3 Å². The summed E-state index contributed by atoms with van der Waals surface area (Å²) in [6.45, 7) is 1.36. The van der Waals surface area contributed by atoms with E-state index < -0.39 is 0 Å². The van der Waals surface area contributed by atoms with E-state index in [1.165, 1.54) is 0 Å². The zero-order chi connectivity index (χ0) is 8.65. The van der Waals surface area contributed by atoms with Crippen molar-refractivity contribution >= 4 is 6.21 Å². The van der Waals surface area contributed by atoms with Crippen molar-refractivity contribution in [3.63, 3.8) is 0 Å². The molecule has 64 valence electrons. The summed E-state index contributed by atoms with van der Waals surface area (Å²) in [5.41, 5.74) is 1.02. The van der Waals surface area contributed by atoms with Crippen molar-refractivity contribution in [3.05, 3.63) is 30.1 Å². The highest BCUT2D eigenvalue weighted by atomic mass is 16.5. The number of rotatable bonds is 4. The fourth-order valence-electron chi connectivity index (χ4n) is 0.766. The Morgan fingerprint density at radius 3 is 3.25 bits per heavy atom. The third kappa shape index (κ3) is 3.25. The predicted molar refractivity (Wildman–Crippen MR) is 48.6 cm³/mol. The summed E-state index contributed by atoms with van der Waals surface area (Å²) >= 11 is 0. The molecule has 0 unspecified atom stereocenters. The van der Waals surface area contributed by atoms with Gasteiger partial charge in [-0.05, 0) is 6.07 Å². The van der Waals surface area contributed by atoms with Gasteiger partial charge in [0.2, 0.25) is 0 Å². The minimum absolute atomic E-state index is 0.663. The van der Waals surface area contributed by atoms with Crippen LogP contribution in [0.1, 0.15) is 5.56 Å². The van der Waals surface area contributed by atoms with Crippen molar-refractivity contribution in [1.29, 1.82) is 0 Å². The van der Waals surface area contributed by atoms with Crippen molar-refractivity contribution in [3.8, 4) is 0 Å². The first-order valence-electron chi connectivity index (χ1n) is 3.82. The molecule has 3 heteroatoms. The molecule has 0 aliphatic heterocycles. The van der Waals surface area contributed by atoms with Crippen LogP contribution in [0.2, 0.25) is 0 Å². The molecule has 3 nitrogen and oxygen atoms in total. The summed E-state index contributed by atoms with van der Waals surface area (Å²) in [6, 6.07) is 3.85. The highest BCUT2D eigenvalue weighted by Crippen LogP contribution is 1.90. The summed E-state index contributed by atoms with van der Waals surface area (Å²) in [6.07, 6.45) is 5.31.